The molecule has 1 heterocycles. The number of likely N-dealkylation sites (N-methyl/N-ethyl adjacent to an activating group) is 1. The van der Waals surface area contributed by atoms with Crippen molar-refractivity contribution in [3.05, 3.63) is 64.2 Å². The Hall–Kier alpha value is -3.42. The van der Waals surface area contributed by atoms with E-state index in [0.29, 0.717) is 24.2 Å². The van der Waals surface area contributed by atoms with E-state index in [1.807, 2.05) is 25.3 Å². The van der Waals surface area contributed by atoms with E-state index in [2.05, 4.69) is 5.32 Å². The summed E-state index contributed by atoms with van der Waals surface area (Å²) < 4.78 is 20.2. The number of ether oxygens (including phenoxy) is 1. The molecule has 7 nitrogen and oxygen atoms in total. The van der Waals surface area contributed by atoms with Crippen LogP contribution in [0.4, 0.5) is 4.39 Å². The molecule has 0 radical (unpaired) electrons. The predicted octanol–water partition coefficient (Wildman–Crippen LogP) is 3.62. The topological polar surface area (TPSA) is 80.6 Å². The van der Waals surface area contributed by atoms with Gasteiger partial charge in [0.25, 0.3) is 0 Å². The first-order chi connectivity index (χ1) is 15.7. The van der Waals surface area contributed by atoms with Crippen LogP contribution >= 0.6 is 0 Å². The molecule has 0 fully saturated rings. The summed E-state index contributed by atoms with van der Waals surface area (Å²) in [7, 11) is 0. The molecule has 2 aromatic rings. The second-order valence-corrected chi connectivity index (χ2v) is 7.51. The highest BCUT2D eigenvalue weighted by Gasteiger charge is 2.22. The lowest BCUT2D eigenvalue weighted by molar-refractivity contribution is -0.132. The van der Waals surface area contributed by atoms with E-state index >= 15 is 0 Å². The number of aromatic nitrogens is 1. The Balaban J connectivity index is 2.11. The molecule has 0 saturated heterocycles. The Bertz CT molecular complexity index is 1030. The summed E-state index contributed by atoms with van der Waals surface area (Å²) in [6.07, 6.45) is 2.99. The van der Waals surface area contributed by atoms with Gasteiger partial charge < -0.3 is 19.5 Å². The highest BCUT2D eigenvalue weighted by Crippen LogP contribution is 2.25. The first kappa shape index (κ1) is 25.8. The average molecular weight is 458 g/mol. The normalized spacial score (nSPS) is 11.0. The van der Waals surface area contributed by atoms with E-state index in [4.69, 9.17) is 4.74 Å². The second kappa shape index (κ2) is 12.0. The third-order valence-corrected chi connectivity index (χ3v) is 5.45. The molecule has 0 atom stereocenters. The van der Waals surface area contributed by atoms with Gasteiger partial charge in [-0.15, -0.1) is 0 Å². The molecule has 1 aromatic carbocycles. The molecule has 0 unspecified atom stereocenters. The van der Waals surface area contributed by atoms with Crippen LogP contribution in [-0.4, -0.2) is 46.9 Å². The quantitative estimate of drug-likeness (QED) is 0.437. The molecular formula is C25H32FN3O4. The number of amides is 2. The lowest BCUT2D eigenvalue weighted by Gasteiger charge is -2.18. The van der Waals surface area contributed by atoms with E-state index in [-0.39, 0.29) is 37.3 Å². The standard InChI is InChI=1S/C25H32FN3O4/c1-6-28(16-22(30)27-15-19-9-11-20(26)12-10-19)23(31)14-13-21-17(4)29(7-2)18(5)24(21)25(32)33-8-3/h9-14H,6-8,15-16H2,1-5H3,(H,27,30). The van der Waals surface area contributed by atoms with Crippen molar-refractivity contribution in [1.29, 1.82) is 0 Å². The van der Waals surface area contributed by atoms with Crippen LogP contribution in [0.25, 0.3) is 6.08 Å². The zero-order chi connectivity index (χ0) is 24.5. The molecule has 8 heteroatoms. The number of nitrogens with zero attached hydrogens (tertiary/aromatic N) is 2. The zero-order valence-corrected chi connectivity index (χ0v) is 19.9. The van der Waals surface area contributed by atoms with Crippen LogP contribution in [0.2, 0.25) is 0 Å². The van der Waals surface area contributed by atoms with Gasteiger partial charge in [-0.2, -0.15) is 0 Å². The van der Waals surface area contributed by atoms with Gasteiger partial charge in [-0.1, -0.05) is 12.1 Å². The molecule has 33 heavy (non-hydrogen) atoms. The smallest absolute Gasteiger partial charge is 0.340 e. The molecule has 0 aliphatic carbocycles. The van der Waals surface area contributed by atoms with Crippen LogP contribution in [-0.2, 0) is 27.4 Å². The largest absolute Gasteiger partial charge is 0.462 e. The lowest BCUT2D eigenvalue weighted by Crippen LogP contribution is -2.39. The van der Waals surface area contributed by atoms with Crippen molar-refractivity contribution in [2.24, 2.45) is 0 Å². The minimum absolute atomic E-state index is 0.112. The first-order valence-corrected chi connectivity index (χ1v) is 11.1. The van der Waals surface area contributed by atoms with E-state index < -0.39 is 5.97 Å². The van der Waals surface area contributed by atoms with Crippen molar-refractivity contribution in [3.63, 3.8) is 0 Å². The molecule has 0 saturated carbocycles. The lowest BCUT2D eigenvalue weighted by atomic mass is 10.1. The fourth-order valence-electron chi connectivity index (χ4n) is 3.68. The van der Waals surface area contributed by atoms with Crippen molar-refractivity contribution in [1.82, 2.24) is 14.8 Å². The van der Waals surface area contributed by atoms with E-state index in [9.17, 15) is 18.8 Å². The number of hydrogen-bond donors (Lipinski definition) is 1. The summed E-state index contributed by atoms with van der Waals surface area (Å²) in [4.78, 5) is 39.0. The van der Waals surface area contributed by atoms with E-state index in [1.54, 1.807) is 32.1 Å². The van der Waals surface area contributed by atoms with Gasteiger partial charge in [-0.05, 0) is 58.4 Å². The van der Waals surface area contributed by atoms with Crippen LogP contribution in [0.5, 0.6) is 0 Å². The SMILES string of the molecule is CCOC(=O)c1c(C=CC(=O)N(CC)CC(=O)NCc2ccc(F)cc2)c(C)n(CC)c1C. The molecule has 0 aliphatic heterocycles. The molecular weight excluding hydrogens is 425 g/mol. The van der Waals surface area contributed by atoms with Crippen LogP contribution < -0.4 is 5.32 Å². The molecule has 1 N–H and O–H groups in total. The molecule has 0 aliphatic rings. The van der Waals surface area contributed by atoms with Crippen molar-refractivity contribution in [3.8, 4) is 0 Å². The number of hydrogen-bond acceptors (Lipinski definition) is 4. The molecule has 2 rings (SSSR count). The van der Waals surface area contributed by atoms with Crippen molar-refractivity contribution < 1.29 is 23.5 Å². The van der Waals surface area contributed by atoms with Crippen LogP contribution in [0.15, 0.2) is 30.3 Å². The average Bonchev–Trinajstić information content (AvgIpc) is 3.04. The second-order valence-electron chi connectivity index (χ2n) is 7.51. The number of rotatable bonds is 10. The predicted molar refractivity (Wildman–Crippen MR) is 125 cm³/mol. The Morgan fingerprint density at radius 3 is 2.33 bits per heavy atom. The van der Waals surface area contributed by atoms with Gasteiger partial charge in [0.1, 0.15) is 5.82 Å². The van der Waals surface area contributed by atoms with Crippen LogP contribution in [0.1, 0.15) is 53.6 Å². The molecule has 0 bridgehead atoms. The minimum atomic E-state index is -0.426. The Labute approximate surface area is 194 Å². The van der Waals surface area contributed by atoms with E-state index in [0.717, 1.165) is 17.0 Å². The monoisotopic (exact) mass is 457 g/mol. The number of nitrogens with one attached hydrogen (secondary N) is 1. The fraction of sp³-hybridized carbons (Fsp3) is 0.400. The Kier molecular flexibility index (Phi) is 9.39. The van der Waals surface area contributed by atoms with Gasteiger partial charge in [0, 0.05) is 42.7 Å². The summed E-state index contributed by atoms with van der Waals surface area (Å²) in [5, 5.41) is 2.73. The van der Waals surface area contributed by atoms with Gasteiger partial charge in [-0.3, -0.25) is 9.59 Å². The summed E-state index contributed by atoms with van der Waals surface area (Å²) in [6.45, 7) is 10.7. The highest BCUT2D eigenvalue weighted by molar-refractivity contribution is 5.99. The summed E-state index contributed by atoms with van der Waals surface area (Å²) in [5.74, 6) is -1.43. The number of benzene rings is 1. The van der Waals surface area contributed by atoms with Gasteiger partial charge >= 0.3 is 5.97 Å². The van der Waals surface area contributed by atoms with Crippen molar-refractivity contribution in [2.75, 3.05) is 19.7 Å². The maximum atomic E-state index is 13.0. The number of carbonyl (C=O) groups is 3. The first-order valence-electron chi connectivity index (χ1n) is 11.1. The minimum Gasteiger partial charge on any atom is -0.462 e. The molecule has 178 valence electrons. The van der Waals surface area contributed by atoms with Gasteiger partial charge in [-0.25, -0.2) is 9.18 Å². The number of carbonyl (C=O) groups excluding carboxylic acids is 3. The van der Waals surface area contributed by atoms with Crippen LogP contribution in [0.3, 0.4) is 0 Å². The summed E-state index contributed by atoms with van der Waals surface area (Å²) in [5.41, 5.74) is 3.49. The maximum absolute atomic E-state index is 13.0. The van der Waals surface area contributed by atoms with Crippen molar-refractivity contribution in [2.45, 2.75) is 47.7 Å². The third kappa shape index (κ3) is 6.54. The van der Waals surface area contributed by atoms with E-state index in [1.165, 1.54) is 23.1 Å². The maximum Gasteiger partial charge on any atom is 0.340 e. The van der Waals surface area contributed by atoms with Gasteiger partial charge in [0.05, 0.1) is 18.7 Å². The molecule has 1 aromatic heterocycles. The Morgan fingerprint density at radius 2 is 1.76 bits per heavy atom. The van der Waals surface area contributed by atoms with Gasteiger partial charge in [0.15, 0.2) is 0 Å². The van der Waals surface area contributed by atoms with Gasteiger partial charge in [0.2, 0.25) is 11.8 Å². The third-order valence-electron chi connectivity index (χ3n) is 5.45. The summed E-state index contributed by atoms with van der Waals surface area (Å²) >= 11 is 0. The van der Waals surface area contributed by atoms with Crippen molar-refractivity contribution >= 4 is 23.9 Å². The highest BCUT2D eigenvalue weighted by atomic mass is 19.1. The number of halogens is 1. The molecule has 2 amide bonds. The van der Waals surface area contributed by atoms with Crippen LogP contribution in [0, 0.1) is 19.7 Å². The number of esters is 1. The molecule has 0 spiro atoms. The zero-order valence-electron chi connectivity index (χ0n) is 19.9. The summed E-state index contributed by atoms with van der Waals surface area (Å²) in [6, 6.07) is 5.84. The fourth-order valence-corrected chi connectivity index (χ4v) is 3.68. The Morgan fingerprint density at radius 1 is 1.09 bits per heavy atom.